The monoisotopic (exact) mass is 1840 g/mol. The molecule has 0 saturated carbocycles. The zero-order valence-electron chi connectivity index (χ0n) is 74.5. The molecule has 0 saturated heterocycles. The Morgan fingerprint density at radius 1 is 0.610 bits per heavy atom. The van der Waals surface area contributed by atoms with Crippen molar-refractivity contribution in [2.75, 3.05) is 96.5 Å². The van der Waals surface area contributed by atoms with Crippen molar-refractivity contribution in [3.63, 3.8) is 0 Å². The van der Waals surface area contributed by atoms with Crippen LogP contribution < -0.4 is 33.8 Å². The first-order valence-electron chi connectivity index (χ1n) is 37.4. The highest BCUT2D eigenvalue weighted by Crippen LogP contribution is 2.26. The lowest BCUT2D eigenvalue weighted by atomic mass is 9.40. The fourth-order valence-electron chi connectivity index (χ4n) is 7.47. The number of nitrogens with zero attached hydrogens (tertiary/aromatic N) is 16. The lowest BCUT2D eigenvalue weighted by Gasteiger charge is -2.11. The van der Waals surface area contributed by atoms with Gasteiger partial charge in [0.15, 0.2) is 22.9 Å². The molecule has 33 nitrogen and oxygen atoms in total. The van der Waals surface area contributed by atoms with Gasteiger partial charge >= 0.3 is 17.9 Å². The van der Waals surface area contributed by atoms with Crippen molar-refractivity contribution in [2.24, 2.45) is 5.10 Å². The number of hydrazone groups is 1. The molecule has 1 amide bonds. The number of alkyl halides is 1. The number of hydrogen-bond acceptors (Lipinski definition) is 26. The maximum absolute atomic E-state index is 12.1. The molecule has 5 radical (unpaired) electrons. The Hall–Kier alpha value is -13.1. The predicted molar refractivity (Wildman–Crippen MR) is 510 cm³/mol. The highest BCUT2D eigenvalue weighted by atomic mass is 79.9. The smallest absolute Gasteiger partial charge is 0.366 e. The number of para-hydroxylation sites is 5. The fraction of sp³-hybridized carbons (Fsp3) is 0.321. The van der Waals surface area contributed by atoms with Crippen LogP contribution in [-0.4, -0.2) is 174 Å². The van der Waals surface area contributed by atoms with Gasteiger partial charge in [-0.25, -0.2) is 50.2 Å². The highest BCUT2D eigenvalue weighted by molar-refractivity contribution is 9.19. The van der Waals surface area contributed by atoms with E-state index in [0.717, 1.165) is 30.0 Å². The number of ether oxygens (including phenoxy) is 3. The molecular formula is C84H123B3Br2ClN22O11. The molecule has 0 aliphatic carbocycles. The number of ketones is 1. The van der Waals surface area contributed by atoms with Gasteiger partial charge < -0.3 is 51.9 Å². The summed E-state index contributed by atoms with van der Waals surface area (Å²) in [6.07, 6.45) is 1.47. The van der Waals surface area contributed by atoms with Crippen molar-refractivity contribution >= 4 is 130 Å². The van der Waals surface area contributed by atoms with Crippen LogP contribution in [0.5, 0.6) is 0 Å². The Balaban J connectivity index is -0.000000118. The number of anilines is 5. The topological polar surface area (TPSA) is 490 Å². The molecule has 39 heteroatoms. The third-order valence-corrected chi connectivity index (χ3v) is 12.9. The number of aromatic carboxylic acids is 1. The highest BCUT2D eigenvalue weighted by Gasteiger charge is 2.27. The largest absolute Gasteiger partial charge is 0.476 e. The number of aryl methyl sites for hydroxylation is 1. The van der Waals surface area contributed by atoms with Crippen LogP contribution in [0.3, 0.4) is 0 Å². The molecular weight excluding hydrogens is 1720 g/mol. The lowest BCUT2D eigenvalue weighted by molar-refractivity contribution is -0.134. The van der Waals surface area contributed by atoms with E-state index in [0.29, 0.717) is 29.4 Å². The van der Waals surface area contributed by atoms with E-state index in [4.69, 9.17) is 78.2 Å². The van der Waals surface area contributed by atoms with E-state index < -0.39 is 23.8 Å². The van der Waals surface area contributed by atoms with Gasteiger partial charge in [0, 0.05) is 68.1 Å². The number of halogens is 3. The average Bonchev–Trinajstić information content (AvgIpc) is 1.67. The van der Waals surface area contributed by atoms with Crippen molar-refractivity contribution < 1.29 is 57.4 Å². The zero-order valence-corrected chi connectivity index (χ0v) is 76.5. The van der Waals surface area contributed by atoms with Crippen LogP contribution in [0.2, 0.25) is 0 Å². The van der Waals surface area contributed by atoms with Crippen molar-refractivity contribution in [1.82, 2.24) is 49.7 Å². The molecule has 4 aromatic heterocycles. The number of esters is 2. The predicted octanol–water partition coefficient (Wildman–Crippen LogP) is 16.7. The molecule has 0 aliphatic heterocycles. The van der Waals surface area contributed by atoms with E-state index in [9.17, 15) is 24.0 Å². The Bertz CT molecular complexity index is 4670. The summed E-state index contributed by atoms with van der Waals surface area (Å²) >= 11 is 7.65. The number of nitrogens with one attached hydrogen (secondary N) is 2. The number of nitriles is 5. The molecule has 0 fully saturated rings. The number of rotatable bonds is 16. The minimum atomic E-state index is -1.27. The molecule has 665 valence electrons. The second-order valence-corrected chi connectivity index (χ2v) is 20.1. The Kier molecular flexibility index (Phi) is 88.8. The van der Waals surface area contributed by atoms with Crippen LogP contribution in [0.25, 0.3) is 27.6 Å². The first-order chi connectivity index (χ1) is 58.8. The number of nitrogens with two attached hydrogens (primary N) is 4. The number of hydrogen-bond donors (Lipinski definition) is 7. The number of hydroxylamine groups is 3. The molecule has 0 aliphatic rings. The molecule has 0 unspecified atom stereocenters. The van der Waals surface area contributed by atoms with E-state index in [1.807, 2.05) is 198 Å². The maximum atomic E-state index is 12.1. The van der Waals surface area contributed by atoms with Crippen LogP contribution in [0.1, 0.15) is 186 Å². The normalized spacial score (nSPS) is 8.51. The number of methoxy groups -OCH3 is 1. The Morgan fingerprint density at radius 2 is 0.919 bits per heavy atom. The van der Waals surface area contributed by atoms with E-state index in [-0.39, 0.29) is 125 Å². The number of carboxylic acid groups (broad SMARTS) is 1. The van der Waals surface area contributed by atoms with Crippen molar-refractivity contribution in [2.45, 2.75) is 119 Å². The number of aromatic nitrogens is 8. The number of nitrogen functional groups attached to an aromatic ring is 4. The summed E-state index contributed by atoms with van der Waals surface area (Å²) < 4.78 is 29.6. The Morgan fingerprint density at radius 3 is 1.20 bits per heavy atom. The molecule has 123 heavy (non-hydrogen) atoms. The van der Waals surface area contributed by atoms with Gasteiger partial charge in [-0.1, -0.05) is 188 Å². The summed E-state index contributed by atoms with van der Waals surface area (Å²) in [7, 11) is 17.7. The summed E-state index contributed by atoms with van der Waals surface area (Å²) in [5.74, 6) is -2.77. The van der Waals surface area contributed by atoms with E-state index >= 15 is 0 Å². The van der Waals surface area contributed by atoms with Gasteiger partial charge in [0.2, 0.25) is 4.62 Å². The van der Waals surface area contributed by atoms with Gasteiger partial charge in [0.1, 0.15) is 81.6 Å². The minimum Gasteiger partial charge on any atom is -0.476 e. The van der Waals surface area contributed by atoms with Crippen molar-refractivity contribution in [1.29, 1.82) is 26.3 Å². The first-order valence-corrected chi connectivity index (χ1v) is 38.0. The lowest BCUT2D eigenvalue weighted by Crippen LogP contribution is -2.26. The standard InChI is InChI=1S/C13H13N5O2.C13H12N4O2.C12H10N4O2.C12H10N4O.C10H11BrN2O2.C3H2N2.C3H8O.C3H4.C2H7NO.5C2H6.CH3Cl.2CH4.B3.BrH.2H2/c1-17(20-2)13(19)11-10(8-14)12(15)18(16-11)9-6-4-3-5-7-9;1-2-19-13(18)11-10(8-14)12(15)17(16-11)9-6-4-3-5-7-9;1-7-4-2-3-5-9(7)16-11(14)8(6-13)10(15-16)12(17)18;1-8(17)11-10(7-13)12(14)16(15-11)9-5-3-2-4-6-9;1-2-15-10(14)9(11)13-12-8-6-4-3-5-7-8;1-5-3-2-4;1-3-4-2;1-3-2;1-3-4-2;6*1-2;;;1-3-2;;;/h3-7H,15H2,1-2H3;3-7H,2,15H2,1H3;2-5H,14H2,1H3,(H,17,18);2-6H,14H2,1H3;3-7,12H,2H2,1H3;3H2;3H2,1-2H3;1-2H2;3H,1-2H3;5*1-2H3;1H3;2*1H4;;3*1H/b;;;;13-9-;;;;;;;;;;;;;;;;/i;;;;;;;;;;;;;;;;;;;1+1D;1+1. The van der Waals surface area contributed by atoms with E-state index in [1.54, 1.807) is 95.8 Å². The van der Waals surface area contributed by atoms with Gasteiger partial charge in [0.25, 0.3) is 12.5 Å². The number of carboxylic acids is 1. The van der Waals surface area contributed by atoms with Gasteiger partial charge in [0.05, 0.1) is 55.9 Å². The maximum Gasteiger partial charge on any atom is 0.366 e. The summed E-state index contributed by atoms with van der Waals surface area (Å²) in [5, 5.41) is 73.7. The third kappa shape index (κ3) is 49.3. The van der Waals surface area contributed by atoms with Crippen LogP contribution in [0.4, 0.5) is 29.0 Å². The SMILES string of the molecule is Br.C.C.C=C=C.CC.CC.CC.CC.CC.CC(=O)c1nn(-c2ccccc2)c(N)c1C#N.CCOC.CCOC(=O)/C(Br)=N/Nc1ccccc1.CCOC(=O)c1nn(-c2ccccc2)c(N)c1C#N.CCl.CNOC.CON(C)C(=O)c1nn(-c2ccccc2)c(N)c1C#N.Cc1ccccc1-n1nc(C(=O)O)c(C#N)c1N.[2HH].[2H][2H].[B][B][B].[C-]#[N+]CC#N. The van der Waals surface area contributed by atoms with Gasteiger partial charge in [-0.05, 0) is 104 Å². The number of benzene rings is 5. The molecule has 0 bridgehead atoms. The first kappa shape index (κ1) is 128. The number of amides is 1. The van der Waals surface area contributed by atoms with Gasteiger partial charge in [-0.3, -0.25) is 19.9 Å². The van der Waals surface area contributed by atoms with Crippen LogP contribution in [0.15, 0.2) is 170 Å². The quantitative estimate of drug-likeness (QED) is 0.00543. The molecule has 5 aromatic carbocycles. The van der Waals surface area contributed by atoms with Crippen molar-refractivity contribution in [3.05, 3.63) is 226 Å². The average molecular weight is 1850 g/mol. The molecule has 0 atom stereocenters. The number of carbonyl (C=O) groups excluding carboxylic acids is 4. The molecule has 9 aromatic rings. The van der Waals surface area contributed by atoms with Crippen LogP contribution in [-0.2, 0) is 28.7 Å². The summed E-state index contributed by atoms with van der Waals surface area (Å²) in [4.78, 5) is 69.1. The fourth-order valence-corrected chi connectivity index (χ4v) is 7.67. The minimum absolute atomic E-state index is 0. The molecule has 11 N–H and O–H groups in total. The van der Waals surface area contributed by atoms with E-state index in [1.165, 1.54) is 46.2 Å². The molecule has 0 spiro atoms. The van der Waals surface area contributed by atoms with Crippen LogP contribution >= 0.6 is 44.5 Å². The van der Waals surface area contributed by atoms with Crippen LogP contribution in [0, 0.1) is 70.2 Å². The number of carbonyl (C=O) groups is 5. The summed E-state index contributed by atoms with van der Waals surface area (Å²) in [6.45, 7) is 42.2. The molecule has 9 rings (SSSR count). The van der Waals surface area contributed by atoms with E-state index in [2.05, 4.69) is 113 Å². The van der Waals surface area contributed by atoms with Gasteiger partial charge in [-0.15, -0.1) is 34.3 Å². The third-order valence-electron chi connectivity index (χ3n) is 12.4. The van der Waals surface area contributed by atoms with Crippen molar-refractivity contribution in [3.8, 4) is 53.1 Å². The second kappa shape index (κ2) is 85.3. The van der Waals surface area contributed by atoms with Gasteiger partial charge in [-0.2, -0.15) is 51.8 Å². The summed E-state index contributed by atoms with van der Waals surface area (Å²) in [6, 6.07) is 52.9. The second-order valence-electron chi connectivity index (χ2n) is 19.4. The molecule has 4 heterocycles. The number of Topliss-reactive ketones (excluding diaryl/α,β-unsaturated/α-hetero) is 1. The Labute approximate surface area is 759 Å². The zero-order chi connectivity index (χ0) is 95.7. The summed E-state index contributed by atoms with van der Waals surface area (Å²) in [5.41, 5.74) is 34.9.